The van der Waals surface area contributed by atoms with Crippen LogP contribution in [0.15, 0.2) is 0 Å². The molecule has 0 aromatic carbocycles. The summed E-state index contributed by atoms with van der Waals surface area (Å²) in [7, 11) is 3.86. The van der Waals surface area contributed by atoms with E-state index in [0.29, 0.717) is 30.7 Å². The SMILES string of the molecule is CN(C)C(CCCCN)C(=O)OC12CC3CC(C1)CC(C(N)C(=O)N1C(C#N)CC4CC41)(C3)C2. The van der Waals surface area contributed by atoms with Crippen molar-refractivity contribution in [3.63, 3.8) is 0 Å². The minimum absolute atomic E-state index is 0.0482. The van der Waals surface area contributed by atoms with Crippen LogP contribution in [0.4, 0.5) is 0 Å². The summed E-state index contributed by atoms with van der Waals surface area (Å²) in [5.74, 6) is 1.17. The van der Waals surface area contributed by atoms with E-state index in [1.807, 2.05) is 23.9 Å². The Kier molecular flexibility index (Phi) is 6.19. The van der Waals surface area contributed by atoms with Gasteiger partial charge >= 0.3 is 5.97 Å². The molecule has 0 radical (unpaired) electrons. The number of carbonyl (C=O) groups excluding carboxylic acids is 2. The van der Waals surface area contributed by atoms with Gasteiger partial charge in [0.15, 0.2) is 0 Å². The van der Waals surface area contributed by atoms with Crippen LogP contribution in [-0.2, 0) is 14.3 Å². The molecule has 6 rings (SSSR count). The van der Waals surface area contributed by atoms with E-state index in [1.165, 1.54) is 0 Å². The molecular weight excluding hydrogens is 430 g/mol. The maximum absolute atomic E-state index is 13.7. The zero-order valence-electron chi connectivity index (χ0n) is 20.7. The molecule has 34 heavy (non-hydrogen) atoms. The number of likely N-dealkylation sites (N-methyl/N-ethyl adjacent to an activating group) is 1. The van der Waals surface area contributed by atoms with Gasteiger partial charge in [0.1, 0.15) is 17.7 Å². The van der Waals surface area contributed by atoms with Crippen LogP contribution in [-0.4, -0.2) is 72.1 Å². The van der Waals surface area contributed by atoms with Crippen LogP contribution in [0.2, 0.25) is 0 Å². The van der Waals surface area contributed by atoms with Crippen molar-refractivity contribution < 1.29 is 14.3 Å². The second kappa shape index (κ2) is 8.76. The molecule has 188 valence electrons. The zero-order valence-corrected chi connectivity index (χ0v) is 20.7. The first kappa shape index (κ1) is 24.0. The normalized spacial score (nSPS) is 41.2. The van der Waals surface area contributed by atoms with Crippen molar-refractivity contribution in [2.24, 2.45) is 34.6 Å². The predicted molar refractivity (Wildman–Crippen MR) is 127 cm³/mol. The number of fused-ring (bicyclic) bond motifs is 1. The fourth-order valence-corrected chi connectivity index (χ4v) is 8.39. The number of hydrogen-bond acceptors (Lipinski definition) is 7. The number of rotatable bonds is 9. The molecule has 1 heterocycles. The molecule has 8 nitrogen and oxygen atoms in total. The molecule has 6 fully saturated rings. The van der Waals surface area contributed by atoms with Crippen LogP contribution >= 0.6 is 0 Å². The highest BCUT2D eigenvalue weighted by atomic mass is 16.6. The molecule has 4 N–H and O–H groups in total. The number of ether oxygens (including phenoxy) is 1. The maximum Gasteiger partial charge on any atom is 0.323 e. The smallest absolute Gasteiger partial charge is 0.323 e. The van der Waals surface area contributed by atoms with Crippen LogP contribution < -0.4 is 11.5 Å². The van der Waals surface area contributed by atoms with Crippen molar-refractivity contribution in [3.05, 3.63) is 0 Å². The van der Waals surface area contributed by atoms with E-state index in [2.05, 4.69) is 6.07 Å². The quantitative estimate of drug-likeness (QED) is 0.388. The number of nitrogens with zero attached hydrogens (tertiary/aromatic N) is 3. The Balaban J connectivity index is 1.33. The minimum atomic E-state index is -0.624. The van der Waals surface area contributed by atoms with Gasteiger partial charge in [0.2, 0.25) is 5.91 Å². The van der Waals surface area contributed by atoms with Gasteiger partial charge in [-0.25, -0.2) is 0 Å². The number of hydrogen-bond donors (Lipinski definition) is 2. The predicted octanol–water partition coefficient (Wildman–Crippen LogP) is 1.77. The molecule has 7 atom stereocenters. The van der Waals surface area contributed by atoms with Gasteiger partial charge < -0.3 is 21.1 Å². The Morgan fingerprint density at radius 3 is 2.47 bits per heavy atom. The lowest BCUT2D eigenvalue weighted by molar-refractivity contribution is -0.209. The summed E-state index contributed by atoms with van der Waals surface area (Å²) >= 11 is 0. The number of piperidine rings is 1. The molecule has 1 saturated heterocycles. The van der Waals surface area contributed by atoms with Crippen molar-refractivity contribution in [2.75, 3.05) is 20.6 Å². The fourth-order valence-electron chi connectivity index (χ4n) is 8.39. The maximum atomic E-state index is 13.7. The number of esters is 1. The number of carbonyl (C=O) groups is 2. The summed E-state index contributed by atoms with van der Waals surface area (Å²) in [6.07, 6.45) is 9.78. The number of amides is 1. The molecule has 4 bridgehead atoms. The number of nitriles is 1. The highest BCUT2D eigenvalue weighted by molar-refractivity contribution is 5.84. The van der Waals surface area contributed by atoms with Crippen molar-refractivity contribution >= 4 is 11.9 Å². The van der Waals surface area contributed by atoms with Crippen molar-refractivity contribution in [1.82, 2.24) is 9.80 Å². The first-order valence-corrected chi connectivity index (χ1v) is 13.3. The van der Waals surface area contributed by atoms with Gasteiger partial charge in [-0.1, -0.05) is 6.42 Å². The Morgan fingerprint density at radius 2 is 1.85 bits per heavy atom. The van der Waals surface area contributed by atoms with E-state index >= 15 is 0 Å². The van der Waals surface area contributed by atoms with Crippen LogP contribution in [0.3, 0.4) is 0 Å². The van der Waals surface area contributed by atoms with Gasteiger partial charge in [-0.3, -0.25) is 14.5 Å². The number of likely N-dealkylation sites (tertiary alicyclic amines) is 1. The van der Waals surface area contributed by atoms with Gasteiger partial charge in [-0.05, 0) is 108 Å². The van der Waals surface area contributed by atoms with Gasteiger partial charge in [-0.15, -0.1) is 0 Å². The van der Waals surface area contributed by atoms with Crippen LogP contribution in [0, 0.1) is 34.5 Å². The average molecular weight is 472 g/mol. The van der Waals surface area contributed by atoms with Crippen LogP contribution in [0.25, 0.3) is 0 Å². The summed E-state index contributed by atoms with van der Waals surface area (Å²) in [5.41, 5.74) is 11.6. The number of nitrogens with two attached hydrogens (primary N) is 2. The molecule has 1 amide bonds. The average Bonchev–Trinajstić information content (AvgIpc) is 3.43. The first-order valence-electron chi connectivity index (χ1n) is 13.3. The minimum Gasteiger partial charge on any atom is -0.458 e. The Bertz CT molecular complexity index is 855. The molecule has 0 aromatic rings. The van der Waals surface area contributed by atoms with E-state index in [9.17, 15) is 14.9 Å². The third-order valence-electron chi connectivity index (χ3n) is 9.63. The lowest BCUT2D eigenvalue weighted by Crippen LogP contribution is -2.66. The fraction of sp³-hybridized carbons (Fsp3) is 0.885. The second-order valence-electron chi connectivity index (χ2n) is 12.4. The van der Waals surface area contributed by atoms with E-state index in [4.69, 9.17) is 16.2 Å². The van der Waals surface area contributed by atoms with Crippen molar-refractivity contribution in [3.8, 4) is 6.07 Å². The monoisotopic (exact) mass is 471 g/mol. The van der Waals surface area contributed by atoms with Gasteiger partial charge in [0.25, 0.3) is 0 Å². The molecule has 1 aliphatic heterocycles. The molecule has 6 aliphatic rings. The van der Waals surface area contributed by atoms with Gasteiger partial charge in [-0.2, -0.15) is 5.26 Å². The summed E-state index contributed by atoms with van der Waals surface area (Å²) < 4.78 is 6.41. The van der Waals surface area contributed by atoms with E-state index in [-0.39, 0.29) is 35.4 Å². The lowest BCUT2D eigenvalue weighted by atomic mass is 9.46. The first-order chi connectivity index (χ1) is 16.2. The molecule has 7 unspecified atom stereocenters. The Labute approximate surface area is 203 Å². The molecule has 8 heteroatoms. The molecular formula is C26H41N5O3. The Hall–Kier alpha value is -1.69. The van der Waals surface area contributed by atoms with Gasteiger partial charge in [0, 0.05) is 6.04 Å². The van der Waals surface area contributed by atoms with E-state index in [1.54, 1.807) is 0 Å². The third-order valence-corrected chi connectivity index (χ3v) is 9.63. The molecule has 0 spiro atoms. The summed E-state index contributed by atoms with van der Waals surface area (Å²) in [4.78, 5) is 30.8. The largest absolute Gasteiger partial charge is 0.458 e. The van der Waals surface area contributed by atoms with Crippen LogP contribution in [0.1, 0.15) is 70.6 Å². The summed E-state index contributed by atoms with van der Waals surface area (Å²) in [6, 6.07) is 1.30. The summed E-state index contributed by atoms with van der Waals surface area (Å²) in [5, 5.41) is 9.60. The Morgan fingerprint density at radius 1 is 1.15 bits per heavy atom. The zero-order chi connectivity index (χ0) is 24.3. The highest BCUT2D eigenvalue weighted by Gasteiger charge is 2.64. The van der Waals surface area contributed by atoms with Crippen LogP contribution in [0.5, 0.6) is 0 Å². The topological polar surface area (TPSA) is 126 Å². The van der Waals surface area contributed by atoms with E-state index < -0.39 is 11.6 Å². The summed E-state index contributed by atoms with van der Waals surface area (Å²) in [6.45, 7) is 0.627. The highest BCUT2D eigenvalue weighted by Crippen LogP contribution is 2.64. The number of unbranched alkanes of at least 4 members (excludes halogenated alkanes) is 1. The molecule has 5 saturated carbocycles. The van der Waals surface area contributed by atoms with Crippen molar-refractivity contribution in [2.45, 2.75) is 100 Å². The second-order valence-corrected chi connectivity index (χ2v) is 12.4. The van der Waals surface area contributed by atoms with E-state index in [0.717, 1.165) is 64.2 Å². The van der Waals surface area contributed by atoms with Crippen molar-refractivity contribution in [1.29, 1.82) is 5.26 Å². The lowest BCUT2D eigenvalue weighted by Gasteiger charge is -2.62. The molecule has 5 aliphatic carbocycles. The molecule has 0 aromatic heterocycles. The third kappa shape index (κ3) is 4.04. The van der Waals surface area contributed by atoms with Gasteiger partial charge in [0.05, 0.1) is 12.1 Å². The standard InChI is InChI=1S/C26H41N5O3/c1-30(2)20(5-3-4-6-27)24(33)34-26-12-16-7-17(13-26)11-25(10-16,15-26)22(29)23(32)31-19(14-28)8-18-9-21(18)31/h16-22H,3-13,15,27,29H2,1-2H3.